The van der Waals surface area contributed by atoms with Gasteiger partial charge in [-0.25, -0.2) is 4.39 Å². The van der Waals surface area contributed by atoms with E-state index in [4.69, 9.17) is 4.74 Å². The van der Waals surface area contributed by atoms with E-state index in [2.05, 4.69) is 5.32 Å². The summed E-state index contributed by atoms with van der Waals surface area (Å²) in [5, 5.41) is 3.33. The van der Waals surface area contributed by atoms with Crippen molar-refractivity contribution in [3.8, 4) is 11.5 Å². The van der Waals surface area contributed by atoms with Crippen molar-refractivity contribution in [3.63, 3.8) is 0 Å². The molecule has 2 nitrogen and oxygen atoms in total. The predicted molar refractivity (Wildman–Crippen MR) is 77.5 cm³/mol. The summed E-state index contributed by atoms with van der Waals surface area (Å²) >= 11 is 0. The second-order valence-corrected chi connectivity index (χ2v) is 5.29. The van der Waals surface area contributed by atoms with Gasteiger partial charge in [0, 0.05) is 18.2 Å². The molecule has 1 saturated carbocycles. The van der Waals surface area contributed by atoms with E-state index in [9.17, 15) is 4.39 Å². The van der Waals surface area contributed by atoms with E-state index in [-0.39, 0.29) is 5.82 Å². The van der Waals surface area contributed by atoms with Gasteiger partial charge in [-0.1, -0.05) is 23.8 Å². The summed E-state index contributed by atoms with van der Waals surface area (Å²) in [6, 6.07) is 13.3. The van der Waals surface area contributed by atoms with Crippen molar-refractivity contribution in [2.24, 2.45) is 0 Å². The quantitative estimate of drug-likeness (QED) is 0.881. The van der Waals surface area contributed by atoms with E-state index < -0.39 is 0 Å². The number of benzene rings is 2. The molecule has 2 aromatic carbocycles. The van der Waals surface area contributed by atoms with Crippen molar-refractivity contribution in [3.05, 3.63) is 59.4 Å². The third-order valence-electron chi connectivity index (χ3n) is 3.47. The molecular formula is C17H18FNO. The Hall–Kier alpha value is -1.87. The van der Waals surface area contributed by atoms with Crippen LogP contribution in [0.5, 0.6) is 11.5 Å². The van der Waals surface area contributed by atoms with Gasteiger partial charge in [-0.15, -0.1) is 0 Å². The number of ether oxygens (including phenoxy) is 1. The summed E-state index contributed by atoms with van der Waals surface area (Å²) in [6.07, 6.45) is 2.37. The van der Waals surface area contributed by atoms with Crippen LogP contribution >= 0.6 is 0 Å². The number of nitrogens with one attached hydrogen (secondary N) is 1. The molecule has 104 valence electrons. The minimum absolute atomic E-state index is 0.220. The highest BCUT2D eigenvalue weighted by Crippen LogP contribution is 2.28. The van der Waals surface area contributed by atoms with Crippen LogP contribution in [0.25, 0.3) is 0 Å². The van der Waals surface area contributed by atoms with Crippen LogP contribution in [0.1, 0.15) is 24.0 Å². The normalized spacial score (nSPS) is 14.3. The smallest absolute Gasteiger partial charge is 0.134 e. The molecule has 1 aliphatic rings. The van der Waals surface area contributed by atoms with E-state index >= 15 is 0 Å². The first kappa shape index (κ1) is 13.1. The summed E-state index contributed by atoms with van der Waals surface area (Å²) in [4.78, 5) is 0. The highest BCUT2D eigenvalue weighted by molar-refractivity contribution is 5.39. The van der Waals surface area contributed by atoms with E-state index in [1.807, 2.05) is 37.3 Å². The van der Waals surface area contributed by atoms with Gasteiger partial charge in [-0.2, -0.15) is 0 Å². The van der Waals surface area contributed by atoms with Crippen LogP contribution in [-0.4, -0.2) is 6.04 Å². The molecular weight excluding hydrogens is 253 g/mol. The molecule has 0 aromatic heterocycles. The van der Waals surface area contributed by atoms with E-state index in [0.717, 1.165) is 5.75 Å². The van der Waals surface area contributed by atoms with Crippen LogP contribution in [0, 0.1) is 12.7 Å². The number of rotatable bonds is 5. The fraction of sp³-hybridized carbons (Fsp3) is 0.294. The molecule has 3 rings (SSSR count). The van der Waals surface area contributed by atoms with Crippen molar-refractivity contribution in [1.82, 2.24) is 5.32 Å². The minimum Gasteiger partial charge on any atom is -0.457 e. The summed E-state index contributed by atoms with van der Waals surface area (Å²) in [7, 11) is 0. The lowest BCUT2D eigenvalue weighted by Crippen LogP contribution is -2.16. The number of hydrogen-bond acceptors (Lipinski definition) is 2. The Balaban J connectivity index is 1.80. The van der Waals surface area contributed by atoms with Gasteiger partial charge in [0.05, 0.1) is 0 Å². The van der Waals surface area contributed by atoms with Gasteiger partial charge < -0.3 is 10.1 Å². The SMILES string of the molecule is Cc1ccc(Oc2cccc(F)c2CNC2CC2)cc1. The van der Waals surface area contributed by atoms with Crippen LogP contribution in [0.4, 0.5) is 4.39 Å². The first-order valence-electron chi connectivity index (χ1n) is 6.97. The third-order valence-corrected chi connectivity index (χ3v) is 3.47. The van der Waals surface area contributed by atoms with E-state index in [0.29, 0.717) is 23.9 Å². The zero-order valence-corrected chi connectivity index (χ0v) is 11.5. The van der Waals surface area contributed by atoms with Gasteiger partial charge in [-0.05, 0) is 44.0 Å². The predicted octanol–water partition coefficient (Wildman–Crippen LogP) is 4.18. The Morgan fingerprint density at radius 2 is 1.90 bits per heavy atom. The van der Waals surface area contributed by atoms with Gasteiger partial charge in [0.2, 0.25) is 0 Å². The largest absolute Gasteiger partial charge is 0.457 e. The monoisotopic (exact) mass is 271 g/mol. The summed E-state index contributed by atoms with van der Waals surface area (Å²) < 4.78 is 19.8. The van der Waals surface area contributed by atoms with Gasteiger partial charge in [0.25, 0.3) is 0 Å². The van der Waals surface area contributed by atoms with Crippen LogP contribution in [0.15, 0.2) is 42.5 Å². The number of aryl methyl sites for hydroxylation is 1. The van der Waals surface area contributed by atoms with E-state index in [1.165, 1.54) is 24.5 Å². The Kier molecular flexibility index (Phi) is 3.70. The lowest BCUT2D eigenvalue weighted by atomic mass is 10.2. The highest BCUT2D eigenvalue weighted by Gasteiger charge is 2.21. The first-order valence-corrected chi connectivity index (χ1v) is 6.97. The maximum Gasteiger partial charge on any atom is 0.134 e. The summed E-state index contributed by atoms with van der Waals surface area (Å²) in [6.45, 7) is 2.54. The maximum absolute atomic E-state index is 14.0. The molecule has 0 atom stereocenters. The molecule has 0 saturated heterocycles. The molecule has 0 aliphatic heterocycles. The minimum atomic E-state index is -0.220. The Labute approximate surface area is 118 Å². The fourth-order valence-corrected chi connectivity index (χ4v) is 2.07. The number of halogens is 1. The second-order valence-electron chi connectivity index (χ2n) is 5.29. The molecule has 3 heteroatoms. The Morgan fingerprint density at radius 1 is 1.15 bits per heavy atom. The average molecular weight is 271 g/mol. The Morgan fingerprint density at radius 3 is 2.60 bits per heavy atom. The van der Waals surface area contributed by atoms with Crippen LogP contribution < -0.4 is 10.1 Å². The summed E-state index contributed by atoms with van der Waals surface area (Å²) in [5.41, 5.74) is 1.77. The average Bonchev–Trinajstić information content (AvgIpc) is 3.25. The molecule has 20 heavy (non-hydrogen) atoms. The zero-order chi connectivity index (χ0) is 13.9. The van der Waals surface area contributed by atoms with Crippen molar-refractivity contribution in [2.75, 3.05) is 0 Å². The van der Waals surface area contributed by atoms with Crippen molar-refractivity contribution in [2.45, 2.75) is 32.4 Å². The van der Waals surface area contributed by atoms with Crippen LogP contribution in [-0.2, 0) is 6.54 Å². The lowest BCUT2D eigenvalue weighted by molar-refractivity contribution is 0.461. The van der Waals surface area contributed by atoms with Gasteiger partial charge in [0.1, 0.15) is 17.3 Å². The second kappa shape index (κ2) is 5.63. The standard InChI is InChI=1S/C17H18FNO/c1-12-5-9-14(10-6-12)20-17-4-2-3-16(18)15(17)11-19-13-7-8-13/h2-6,9-10,13,19H,7-8,11H2,1H3. The molecule has 0 amide bonds. The van der Waals surface area contributed by atoms with Gasteiger partial charge in [0.15, 0.2) is 0 Å². The topological polar surface area (TPSA) is 21.3 Å². The fourth-order valence-electron chi connectivity index (χ4n) is 2.07. The molecule has 0 heterocycles. The maximum atomic E-state index is 14.0. The first-order chi connectivity index (χ1) is 9.72. The van der Waals surface area contributed by atoms with Crippen molar-refractivity contribution in [1.29, 1.82) is 0 Å². The van der Waals surface area contributed by atoms with Gasteiger partial charge >= 0.3 is 0 Å². The van der Waals surface area contributed by atoms with Crippen molar-refractivity contribution >= 4 is 0 Å². The lowest BCUT2D eigenvalue weighted by Gasteiger charge is -2.12. The number of hydrogen-bond donors (Lipinski definition) is 1. The van der Waals surface area contributed by atoms with Gasteiger partial charge in [-0.3, -0.25) is 0 Å². The zero-order valence-electron chi connectivity index (χ0n) is 11.5. The third kappa shape index (κ3) is 3.17. The molecule has 0 radical (unpaired) electrons. The molecule has 2 aromatic rings. The summed E-state index contributed by atoms with van der Waals surface area (Å²) in [5.74, 6) is 1.10. The molecule has 1 N–H and O–H groups in total. The molecule has 0 spiro atoms. The molecule has 0 unspecified atom stereocenters. The molecule has 1 aliphatic carbocycles. The van der Waals surface area contributed by atoms with E-state index in [1.54, 1.807) is 6.07 Å². The van der Waals surface area contributed by atoms with Crippen LogP contribution in [0.3, 0.4) is 0 Å². The molecule has 0 bridgehead atoms. The van der Waals surface area contributed by atoms with Crippen LogP contribution in [0.2, 0.25) is 0 Å². The molecule has 1 fully saturated rings. The highest BCUT2D eigenvalue weighted by atomic mass is 19.1. The Bertz CT molecular complexity index is 590. The van der Waals surface area contributed by atoms with Crippen molar-refractivity contribution < 1.29 is 9.13 Å².